The zero-order valence-electron chi connectivity index (χ0n) is 35.9. The van der Waals surface area contributed by atoms with Gasteiger partial charge in [-0.05, 0) is 74.2 Å². The summed E-state index contributed by atoms with van der Waals surface area (Å²) in [7, 11) is -1.13. The normalized spacial score (nSPS) is 11.9. The zero-order chi connectivity index (χ0) is 44.4. The van der Waals surface area contributed by atoms with E-state index in [0.717, 1.165) is 12.8 Å². The molecular formula is C44H60NO15S+. The Bertz CT molecular complexity index is 2120. The standard InChI is InChI=1S/C44H59NO15S/c1-7-15-54-26-35(27-55-16-8-2)58-33-10-12-39-37(24-33)41(44(48)60-42-30(3)22-32(43(46)47)23-31(42)4)38-25-34(11-13-40(38)45(39)14-9-21-61(49,50)51)59-36(28-56-19-17-52-5)29-57-20-18-53-6/h10-13,22-25,35-36H,7-9,14-21,26-29H2,1-6H3,(H-,46,47,49,50,51)/p+1. The largest absolute Gasteiger partial charge is 0.486 e. The first-order valence-corrected chi connectivity index (χ1v) is 22.0. The third-order valence-corrected chi connectivity index (χ3v) is 10.1. The highest BCUT2D eigenvalue weighted by Gasteiger charge is 2.29. The summed E-state index contributed by atoms with van der Waals surface area (Å²) < 4.78 is 87.8. The van der Waals surface area contributed by atoms with Crippen molar-refractivity contribution in [3.05, 3.63) is 70.8 Å². The molecule has 1 aromatic heterocycles. The van der Waals surface area contributed by atoms with E-state index in [1.54, 1.807) is 64.5 Å². The van der Waals surface area contributed by atoms with Crippen molar-refractivity contribution in [2.75, 3.05) is 86.0 Å². The lowest BCUT2D eigenvalue weighted by atomic mass is 10.0. The molecule has 0 bridgehead atoms. The fourth-order valence-corrected chi connectivity index (χ4v) is 7.11. The molecular weight excluding hydrogens is 815 g/mol. The molecule has 0 fully saturated rings. The van der Waals surface area contributed by atoms with Gasteiger partial charge in [-0.3, -0.25) is 4.55 Å². The maximum Gasteiger partial charge on any atom is 0.345 e. The number of carboxylic acids is 1. The second kappa shape index (κ2) is 24.8. The Morgan fingerprint density at radius 1 is 0.689 bits per heavy atom. The molecule has 17 heteroatoms. The molecule has 0 aliphatic rings. The molecule has 3 aromatic carbocycles. The van der Waals surface area contributed by atoms with Crippen LogP contribution in [0.5, 0.6) is 17.2 Å². The first kappa shape index (κ1) is 49.2. The second-order valence-corrected chi connectivity index (χ2v) is 16.0. The number of esters is 1. The Morgan fingerprint density at radius 2 is 1.15 bits per heavy atom. The summed E-state index contributed by atoms with van der Waals surface area (Å²) in [5.41, 5.74) is 2.15. The molecule has 4 rings (SSSR count). The first-order valence-electron chi connectivity index (χ1n) is 20.4. The molecule has 2 N–H and O–H groups in total. The Hall–Kier alpha value is -4.46. The molecule has 1 heterocycles. The van der Waals surface area contributed by atoms with Gasteiger partial charge in [-0.25, -0.2) is 9.59 Å². The van der Waals surface area contributed by atoms with Gasteiger partial charge in [0.25, 0.3) is 10.1 Å². The number of hydrogen-bond acceptors (Lipinski definition) is 13. The van der Waals surface area contributed by atoms with Crippen LogP contribution in [0.15, 0.2) is 48.5 Å². The van der Waals surface area contributed by atoms with Crippen molar-refractivity contribution in [2.24, 2.45) is 0 Å². The second-order valence-electron chi connectivity index (χ2n) is 14.4. The van der Waals surface area contributed by atoms with Gasteiger partial charge < -0.3 is 47.7 Å². The molecule has 0 spiro atoms. The molecule has 0 saturated carbocycles. The van der Waals surface area contributed by atoms with Gasteiger partial charge in [0.1, 0.15) is 29.5 Å². The maximum atomic E-state index is 14.8. The number of carboxylic acid groups (broad SMARTS) is 1. The third kappa shape index (κ3) is 15.1. The van der Waals surface area contributed by atoms with Gasteiger partial charge >= 0.3 is 11.9 Å². The van der Waals surface area contributed by atoms with Gasteiger partial charge in [0.05, 0.1) is 80.5 Å². The van der Waals surface area contributed by atoms with Crippen LogP contribution < -0.4 is 18.8 Å². The molecule has 0 radical (unpaired) electrons. The number of methoxy groups -OCH3 is 2. The molecule has 336 valence electrons. The number of carbonyl (C=O) groups is 2. The van der Waals surface area contributed by atoms with Crippen LogP contribution in [-0.2, 0) is 45.1 Å². The Labute approximate surface area is 357 Å². The van der Waals surface area contributed by atoms with Gasteiger partial charge in [-0.1, -0.05) is 13.8 Å². The average Bonchev–Trinajstić information content (AvgIpc) is 3.21. The maximum absolute atomic E-state index is 14.8. The van der Waals surface area contributed by atoms with E-state index in [1.165, 1.54) is 12.1 Å². The average molecular weight is 875 g/mol. The molecule has 0 aliphatic heterocycles. The topological polar surface area (TPSA) is 196 Å². The number of hydrogen-bond donors (Lipinski definition) is 2. The van der Waals surface area contributed by atoms with Crippen molar-refractivity contribution in [1.29, 1.82) is 0 Å². The monoisotopic (exact) mass is 874 g/mol. The van der Waals surface area contributed by atoms with E-state index in [9.17, 15) is 27.7 Å². The summed E-state index contributed by atoms with van der Waals surface area (Å²) in [6.07, 6.45) is 0.624. The van der Waals surface area contributed by atoms with Crippen molar-refractivity contribution in [1.82, 2.24) is 0 Å². The number of aryl methyl sites for hydroxylation is 3. The summed E-state index contributed by atoms with van der Waals surface area (Å²) in [5.74, 6) is -1.39. The zero-order valence-corrected chi connectivity index (χ0v) is 36.8. The number of pyridine rings is 1. The molecule has 16 nitrogen and oxygen atoms in total. The Morgan fingerprint density at radius 3 is 1.56 bits per heavy atom. The van der Waals surface area contributed by atoms with Crippen molar-refractivity contribution >= 4 is 43.9 Å². The van der Waals surface area contributed by atoms with E-state index < -0.39 is 40.0 Å². The quantitative estimate of drug-likeness (QED) is 0.0167. The number of rotatable bonds is 29. The minimum absolute atomic E-state index is 0.0484. The molecule has 0 atom stereocenters. The van der Waals surface area contributed by atoms with Gasteiger partial charge in [0.2, 0.25) is 11.0 Å². The molecule has 61 heavy (non-hydrogen) atoms. The minimum Gasteiger partial charge on any atom is -0.486 e. The fourth-order valence-electron chi connectivity index (χ4n) is 6.62. The molecule has 0 unspecified atom stereocenters. The van der Waals surface area contributed by atoms with E-state index in [0.29, 0.717) is 84.1 Å². The minimum atomic E-state index is -4.28. The van der Waals surface area contributed by atoms with Gasteiger partial charge in [-0.2, -0.15) is 13.0 Å². The van der Waals surface area contributed by atoms with Crippen LogP contribution in [0.25, 0.3) is 21.8 Å². The van der Waals surface area contributed by atoms with Crippen LogP contribution in [0.3, 0.4) is 0 Å². The van der Waals surface area contributed by atoms with Crippen LogP contribution in [0, 0.1) is 13.8 Å². The number of carbonyl (C=O) groups excluding carboxylic acids is 1. The predicted molar refractivity (Wildman–Crippen MR) is 227 cm³/mol. The number of benzene rings is 3. The summed E-state index contributed by atoms with van der Waals surface area (Å²) in [5, 5.41) is 10.5. The summed E-state index contributed by atoms with van der Waals surface area (Å²) in [6, 6.07) is 13.3. The lowest BCUT2D eigenvalue weighted by Gasteiger charge is -2.21. The number of ether oxygens (including phenoxy) is 9. The van der Waals surface area contributed by atoms with E-state index in [1.807, 2.05) is 18.4 Å². The van der Waals surface area contributed by atoms with Crippen LogP contribution in [-0.4, -0.2) is 128 Å². The van der Waals surface area contributed by atoms with E-state index in [-0.39, 0.29) is 56.3 Å². The van der Waals surface area contributed by atoms with Crippen molar-refractivity contribution in [3.63, 3.8) is 0 Å². The Kier molecular flexibility index (Phi) is 20.0. The molecule has 0 saturated heterocycles. The summed E-state index contributed by atoms with van der Waals surface area (Å²) >= 11 is 0. The third-order valence-electron chi connectivity index (χ3n) is 9.33. The van der Waals surface area contributed by atoms with Gasteiger partial charge in [-0.15, -0.1) is 0 Å². The van der Waals surface area contributed by atoms with Gasteiger partial charge in [0, 0.05) is 46.0 Å². The van der Waals surface area contributed by atoms with E-state index >= 15 is 0 Å². The number of nitrogens with zero attached hydrogens (tertiary/aromatic N) is 1. The van der Waals surface area contributed by atoms with Crippen molar-refractivity contribution in [2.45, 2.75) is 65.7 Å². The van der Waals surface area contributed by atoms with E-state index in [4.69, 9.17) is 42.6 Å². The highest BCUT2D eigenvalue weighted by atomic mass is 32.2. The number of aromatic carboxylic acids is 1. The Balaban J connectivity index is 1.94. The first-order chi connectivity index (χ1) is 29.3. The van der Waals surface area contributed by atoms with E-state index in [2.05, 4.69) is 0 Å². The summed E-state index contributed by atoms with van der Waals surface area (Å²) in [6.45, 7) is 10.8. The fraction of sp³-hybridized carbons (Fsp3) is 0.523. The predicted octanol–water partition coefficient (Wildman–Crippen LogP) is 5.77. The number of aromatic nitrogens is 1. The van der Waals surface area contributed by atoms with Crippen LogP contribution >= 0.6 is 0 Å². The highest BCUT2D eigenvalue weighted by Crippen LogP contribution is 2.34. The number of fused-ring (bicyclic) bond motifs is 2. The molecule has 4 aromatic rings. The van der Waals surface area contributed by atoms with Crippen LogP contribution in [0.1, 0.15) is 65.0 Å². The van der Waals surface area contributed by atoms with Crippen LogP contribution in [0.2, 0.25) is 0 Å². The highest BCUT2D eigenvalue weighted by molar-refractivity contribution is 7.85. The lowest BCUT2D eigenvalue weighted by molar-refractivity contribution is -0.645. The SMILES string of the molecule is CCCOCC(COCCC)Oc1ccc2c(c1)c(C(=O)Oc1c(C)cc(C(=O)O)cc1C)c1cc(OC(COCCOC)COCCOC)ccc1[n+]2CCCS(=O)(=O)O. The van der Waals surface area contributed by atoms with Gasteiger partial charge in [0.15, 0.2) is 6.54 Å². The van der Waals surface area contributed by atoms with Crippen LogP contribution in [0.4, 0.5) is 0 Å². The lowest BCUT2D eigenvalue weighted by Crippen LogP contribution is -2.37. The van der Waals surface area contributed by atoms with Crippen molar-refractivity contribution < 1.29 is 74.9 Å². The summed E-state index contributed by atoms with van der Waals surface area (Å²) in [4.78, 5) is 26.6. The molecule has 0 amide bonds. The molecule has 0 aliphatic carbocycles. The van der Waals surface area contributed by atoms with Crippen molar-refractivity contribution in [3.8, 4) is 17.2 Å². The smallest absolute Gasteiger partial charge is 0.345 e.